The first-order valence-electron chi connectivity index (χ1n) is 23.9. The van der Waals surface area contributed by atoms with Gasteiger partial charge < -0.3 is 46.0 Å². The van der Waals surface area contributed by atoms with Crippen molar-refractivity contribution in [3.8, 4) is 0 Å². The quantitative estimate of drug-likeness (QED) is 0.0163. The summed E-state index contributed by atoms with van der Waals surface area (Å²) in [4.78, 5) is 23.4. The molecule has 9 N–H and O–H groups in total. The second kappa shape index (κ2) is 36.2. The van der Waals surface area contributed by atoms with Gasteiger partial charge >= 0.3 is 7.82 Å². The van der Waals surface area contributed by atoms with Gasteiger partial charge in [0.2, 0.25) is 5.91 Å². The summed E-state index contributed by atoms with van der Waals surface area (Å²) in [6.07, 6.45) is 25.5. The zero-order valence-electron chi connectivity index (χ0n) is 37.4. The average Bonchev–Trinajstić information content (AvgIpc) is 3.22. The van der Waals surface area contributed by atoms with E-state index in [1.807, 2.05) is 0 Å². The Hall–Kier alpha value is -1.22. The molecule has 0 aromatic heterocycles. The van der Waals surface area contributed by atoms with Crippen LogP contribution in [-0.4, -0.2) is 108 Å². The lowest BCUT2D eigenvalue weighted by atomic mass is 9.85. The largest absolute Gasteiger partial charge is 0.472 e. The number of nitrogens with one attached hydrogen (secondary N) is 1. The van der Waals surface area contributed by atoms with E-state index in [9.17, 15) is 50.0 Å². The molecule has 1 aliphatic rings. The lowest BCUT2D eigenvalue weighted by Gasteiger charge is -2.41. The first kappa shape index (κ1) is 56.8. The first-order chi connectivity index (χ1) is 28.8. The number of hydrogen-bond acceptors (Lipinski definition) is 11. The molecule has 8 unspecified atom stereocenters. The summed E-state index contributed by atoms with van der Waals surface area (Å²) >= 11 is 0. The predicted octanol–water partition coefficient (Wildman–Crippen LogP) is 7.98. The van der Waals surface area contributed by atoms with Crippen LogP contribution < -0.4 is 5.32 Å². The second-order valence-electron chi connectivity index (χ2n) is 17.1. The van der Waals surface area contributed by atoms with Crippen molar-refractivity contribution in [2.24, 2.45) is 0 Å². The molecule has 0 aromatic rings. The van der Waals surface area contributed by atoms with Gasteiger partial charge in [-0.3, -0.25) is 13.8 Å². The van der Waals surface area contributed by atoms with Gasteiger partial charge in [0, 0.05) is 0 Å². The van der Waals surface area contributed by atoms with Crippen molar-refractivity contribution < 1.29 is 59.0 Å². The molecule has 1 fully saturated rings. The fourth-order valence-corrected chi connectivity index (χ4v) is 8.58. The van der Waals surface area contributed by atoms with Crippen LogP contribution >= 0.6 is 7.82 Å². The average molecular weight is 878 g/mol. The monoisotopic (exact) mass is 878 g/mol. The Kier molecular flexibility index (Phi) is 34.2. The number of carbonyl (C=O) groups excluding carboxylic acids is 1. The highest BCUT2D eigenvalue weighted by Crippen LogP contribution is 2.47. The fraction of sp³-hybridized carbons (Fsp3) is 0.891. The van der Waals surface area contributed by atoms with Crippen LogP contribution in [0, 0.1) is 0 Å². The summed E-state index contributed by atoms with van der Waals surface area (Å²) < 4.78 is 22.9. The smallest absolute Gasteiger partial charge is 0.393 e. The normalized spacial score (nSPS) is 23.6. The molecule has 1 saturated carbocycles. The summed E-state index contributed by atoms with van der Waals surface area (Å²) in [5.74, 6) is -0.601. The molecule has 13 nitrogen and oxygen atoms in total. The highest BCUT2D eigenvalue weighted by Gasteiger charge is 2.51. The first-order valence-corrected chi connectivity index (χ1v) is 25.4. The Morgan fingerprint density at radius 3 is 1.47 bits per heavy atom. The van der Waals surface area contributed by atoms with Crippen LogP contribution in [-0.2, 0) is 18.4 Å². The maximum absolute atomic E-state index is 13.0. The highest BCUT2D eigenvalue weighted by atomic mass is 31.2. The van der Waals surface area contributed by atoms with E-state index >= 15 is 0 Å². The summed E-state index contributed by atoms with van der Waals surface area (Å²) in [7, 11) is -5.15. The minimum absolute atomic E-state index is 0.249. The molecule has 0 heterocycles. The number of hydrogen-bond donors (Lipinski definition) is 9. The van der Waals surface area contributed by atoms with Gasteiger partial charge in [-0.1, -0.05) is 186 Å². The van der Waals surface area contributed by atoms with E-state index in [0.29, 0.717) is 12.8 Å². The van der Waals surface area contributed by atoms with Gasteiger partial charge in [-0.05, 0) is 32.1 Å². The molecule has 0 bridgehead atoms. The van der Waals surface area contributed by atoms with Crippen molar-refractivity contribution in [2.45, 2.75) is 255 Å². The summed E-state index contributed by atoms with van der Waals surface area (Å²) in [5, 5.41) is 74.4. The Labute approximate surface area is 363 Å². The molecule has 1 rings (SSSR count). The zero-order chi connectivity index (χ0) is 44.4. The van der Waals surface area contributed by atoms with Gasteiger partial charge in [0.05, 0.1) is 31.3 Å². The number of phosphoric ester groups is 1. The Bertz CT molecular complexity index is 1130. The van der Waals surface area contributed by atoms with E-state index in [1.165, 1.54) is 128 Å². The number of phosphoric acid groups is 1. The van der Waals surface area contributed by atoms with Crippen LogP contribution in [0.5, 0.6) is 0 Å². The summed E-state index contributed by atoms with van der Waals surface area (Å²) in [6, 6.07) is -1.25. The maximum atomic E-state index is 13.0. The SMILES string of the molecule is CCCCCCCCCCCCC/C=C/CC/C=C/C(O)C(COP(=O)(O)OC1C(O)C(O)C(O)C(O)C1O)NC(=O)CC(O)CCCCCCCCCCCCCCC. The zero-order valence-corrected chi connectivity index (χ0v) is 38.3. The van der Waals surface area contributed by atoms with Crippen LogP contribution in [0.25, 0.3) is 0 Å². The molecule has 1 aliphatic carbocycles. The molecule has 0 spiro atoms. The molecule has 0 radical (unpaired) electrons. The number of carbonyl (C=O) groups is 1. The molecular weight excluding hydrogens is 789 g/mol. The van der Waals surface area contributed by atoms with E-state index in [4.69, 9.17) is 9.05 Å². The molecule has 0 saturated heterocycles. The molecule has 0 aromatic carbocycles. The minimum atomic E-state index is -5.15. The summed E-state index contributed by atoms with van der Waals surface area (Å²) in [5.41, 5.74) is 0. The van der Waals surface area contributed by atoms with Gasteiger partial charge in [-0.2, -0.15) is 0 Å². The molecule has 1 amide bonds. The fourth-order valence-electron chi connectivity index (χ4n) is 7.61. The predicted molar refractivity (Wildman–Crippen MR) is 238 cm³/mol. The summed E-state index contributed by atoms with van der Waals surface area (Å²) in [6.45, 7) is 3.73. The van der Waals surface area contributed by atoms with Gasteiger partial charge in [-0.25, -0.2) is 4.57 Å². The Balaban J connectivity index is 2.57. The van der Waals surface area contributed by atoms with E-state index in [2.05, 4.69) is 31.3 Å². The van der Waals surface area contributed by atoms with Gasteiger partial charge in [0.1, 0.15) is 36.6 Å². The van der Waals surface area contributed by atoms with Crippen molar-refractivity contribution in [3.05, 3.63) is 24.3 Å². The van der Waals surface area contributed by atoms with Crippen molar-refractivity contribution in [3.63, 3.8) is 0 Å². The van der Waals surface area contributed by atoms with Crippen molar-refractivity contribution in [2.75, 3.05) is 6.61 Å². The lowest BCUT2D eigenvalue weighted by molar-refractivity contribution is -0.220. The van der Waals surface area contributed by atoms with E-state index in [0.717, 1.165) is 44.9 Å². The lowest BCUT2D eigenvalue weighted by Crippen LogP contribution is -2.64. The molecule has 8 atom stereocenters. The van der Waals surface area contributed by atoms with Crippen LogP contribution in [0.1, 0.15) is 200 Å². The maximum Gasteiger partial charge on any atom is 0.472 e. The third-order valence-electron chi connectivity index (χ3n) is 11.5. The van der Waals surface area contributed by atoms with E-state index in [-0.39, 0.29) is 6.42 Å². The van der Waals surface area contributed by atoms with Gasteiger partial charge in [-0.15, -0.1) is 0 Å². The molecular formula is C46H88NO12P. The van der Waals surface area contributed by atoms with E-state index in [1.54, 1.807) is 6.08 Å². The highest BCUT2D eigenvalue weighted by molar-refractivity contribution is 7.47. The van der Waals surface area contributed by atoms with Crippen LogP contribution in [0.4, 0.5) is 0 Å². The number of rotatable bonds is 39. The number of aliphatic hydroxyl groups is 7. The third-order valence-corrected chi connectivity index (χ3v) is 12.5. The Morgan fingerprint density at radius 1 is 0.583 bits per heavy atom. The van der Waals surface area contributed by atoms with Crippen molar-refractivity contribution in [1.29, 1.82) is 0 Å². The van der Waals surface area contributed by atoms with Crippen LogP contribution in [0.2, 0.25) is 0 Å². The van der Waals surface area contributed by atoms with Crippen molar-refractivity contribution in [1.82, 2.24) is 5.32 Å². The molecule has 354 valence electrons. The molecule has 60 heavy (non-hydrogen) atoms. The molecule has 14 heteroatoms. The van der Waals surface area contributed by atoms with Gasteiger partial charge in [0.25, 0.3) is 0 Å². The second-order valence-corrected chi connectivity index (χ2v) is 18.5. The third kappa shape index (κ3) is 27.8. The number of aliphatic hydroxyl groups excluding tert-OH is 7. The Morgan fingerprint density at radius 2 is 0.983 bits per heavy atom. The van der Waals surface area contributed by atoms with Gasteiger partial charge in [0.15, 0.2) is 0 Å². The number of unbranched alkanes of at least 4 members (excludes halogenated alkanes) is 24. The van der Waals surface area contributed by atoms with Crippen LogP contribution in [0.15, 0.2) is 24.3 Å². The van der Waals surface area contributed by atoms with Crippen LogP contribution in [0.3, 0.4) is 0 Å². The minimum Gasteiger partial charge on any atom is -0.393 e. The van der Waals surface area contributed by atoms with E-state index < -0.39 is 75.2 Å². The number of allylic oxidation sites excluding steroid dienone is 3. The topological polar surface area (TPSA) is 226 Å². The number of amides is 1. The standard InChI is InChI=1S/C46H88NO12P/c1-3-5-7-9-11-13-15-17-18-19-20-22-24-26-28-30-32-34-39(49)38(36-58-60(56,57)59-46-44(54)42(52)41(51)43(53)45(46)55)47-40(50)35-37(48)33-31-29-27-25-23-21-16-14-12-10-8-6-4-2/h24,26,32,34,37-39,41-46,48-49,51-55H,3-23,25,27-31,33,35-36H2,1-2H3,(H,47,50)(H,56,57)/b26-24+,34-32+. The van der Waals surface area contributed by atoms with Crippen molar-refractivity contribution >= 4 is 13.7 Å². The molecule has 0 aliphatic heterocycles.